The van der Waals surface area contributed by atoms with Gasteiger partial charge in [-0.1, -0.05) is 0 Å². The molecule has 1 fully saturated rings. The monoisotopic (exact) mass is 214 g/mol. The van der Waals surface area contributed by atoms with Gasteiger partial charge < -0.3 is 15.0 Å². The molecule has 88 valence electrons. The molecule has 1 atom stereocenters. The van der Waals surface area contributed by atoms with Crippen LogP contribution in [0.15, 0.2) is 0 Å². The molecule has 1 heterocycles. The third-order valence-electron chi connectivity index (χ3n) is 2.54. The maximum atomic E-state index is 11.4. The molecule has 4 nitrogen and oxygen atoms in total. The summed E-state index contributed by atoms with van der Waals surface area (Å²) in [5.74, 6) is 0.126. The molecule has 0 saturated carbocycles. The van der Waals surface area contributed by atoms with Crippen LogP contribution in [-0.4, -0.2) is 50.7 Å². The lowest BCUT2D eigenvalue weighted by molar-refractivity contribution is -0.123. The van der Waals surface area contributed by atoms with Crippen LogP contribution in [-0.2, 0) is 9.53 Å². The van der Waals surface area contributed by atoms with Crippen molar-refractivity contribution in [1.29, 1.82) is 0 Å². The second-order valence-electron chi connectivity index (χ2n) is 4.35. The van der Waals surface area contributed by atoms with Gasteiger partial charge in [-0.15, -0.1) is 0 Å². The predicted octanol–water partition coefficient (Wildman–Crippen LogP) is 0.623. The molecule has 0 aromatic heterocycles. The SMILES string of the molecule is CN(C)CCCNC(=O)CC1CCCO1. The second kappa shape index (κ2) is 6.80. The molecule has 1 amide bonds. The second-order valence-corrected chi connectivity index (χ2v) is 4.35. The first-order valence-corrected chi connectivity index (χ1v) is 5.71. The van der Waals surface area contributed by atoms with Gasteiger partial charge >= 0.3 is 0 Å². The first-order chi connectivity index (χ1) is 7.18. The Morgan fingerprint density at radius 2 is 2.33 bits per heavy atom. The van der Waals surface area contributed by atoms with Gasteiger partial charge in [-0.05, 0) is 39.9 Å². The fourth-order valence-electron chi connectivity index (χ4n) is 1.71. The van der Waals surface area contributed by atoms with Crippen molar-refractivity contribution in [2.24, 2.45) is 0 Å². The van der Waals surface area contributed by atoms with Crippen molar-refractivity contribution < 1.29 is 9.53 Å². The van der Waals surface area contributed by atoms with E-state index in [9.17, 15) is 4.79 Å². The molecule has 1 unspecified atom stereocenters. The van der Waals surface area contributed by atoms with Crippen molar-refractivity contribution in [3.8, 4) is 0 Å². The molecule has 4 heteroatoms. The Hall–Kier alpha value is -0.610. The van der Waals surface area contributed by atoms with Gasteiger partial charge in [0.1, 0.15) is 0 Å². The Morgan fingerprint density at radius 1 is 1.53 bits per heavy atom. The number of carbonyl (C=O) groups excluding carboxylic acids is 1. The summed E-state index contributed by atoms with van der Waals surface area (Å²) < 4.78 is 5.40. The van der Waals surface area contributed by atoms with Crippen LogP contribution in [0.5, 0.6) is 0 Å². The highest BCUT2D eigenvalue weighted by atomic mass is 16.5. The number of hydrogen-bond donors (Lipinski definition) is 1. The van der Waals surface area contributed by atoms with E-state index < -0.39 is 0 Å². The van der Waals surface area contributed by atoms with E-state index in [2.05, 4.69) is 10.2 Å². The smallest absolute Gasteiger partial charge is 0.222 e. The van der Waals surface area contributed by atoms with E-state index in [1.165, 1.54) is 0 Å². The molecule has 0 bridgehead atoms. The first-order valence-electron chi connectivity index (χ1n) is 5.71. The summed E-state index contributed by atoms with van der Waals surface area (Å²) in [6, 6.07) is 0. The number of carbonyl (C=O) groups is 1. The molecule has 1 aliphatic heterocycles. The number of hydrogen-bond acceptors (Lipinski definition) is 3. The predicted molar refractivity (Wildman–Crippen MR) is 59.8 cm³/mol. The van der Waals surface area contributed by atoms with E-state index in [4.69, 9.17) is 4.74 Å². The fourth-order valence-corrected chi connectivity index (χ4v) is 1.71. The summed E-state index contributed by atoms with van der Waals surface area (Å²) in [6.07, 6.45) is 3.83. The molecule has 1 saturated heterocycles. The molecule has 0 radical (unpaired) electrons. The summed E-state index contributed by atoms with van der Waals surface area (Å²) in [4.78, 5) is 13.6. The number of rotatable bonds is 6. The maximum Gasteiger partial charge on any atom is 0.222 e. The van der Waals surface area contributed by atoms with Crippen LogP contribution in [0.25, 0.3) is 0 Å². The highest BCUT2D eigenvalue weighted by Gasteiger charge is 2.18. The minimum Gasteiger partial charge on any atom is -0.378 e. The van der Waals surface area contributed by atoms with Gasteiger partial charge in [0, 0.05) is 13.2 Å². The van der Waals surface area contributed by atoms with Crippen LogP contribution in [0.2, 0.25) is 0 Å². The number of ether oxygens (including phenoxy) is 1. The third kappa shape index (κ3) is 5.74. The number of nitrogens with one attached hydrogen (secondary N) is 1. The molecular formula is C11H22N2O2. The summed E-state index contributed by atoms with van der Waals surface area (Å²) >= 11 is 0. The van der Waals surface area contributed by atoms with E-state index in [0.717, 1.165) is 39.0 Å². The standard InChI is InChI=1S/C11H22N2O2/c1-13(2)7-4-6-12-11(14)9-10-5-3-8-15-10/h10H,3-9H2,1-2H3,(H,12,14). The molecular weight excluding hydrogens is 192 g/mol. The summed E-state index contributed by atoms with van der Waals surface area (Å²) in [6.45, 7) is 2.60. The third-order valence-corrected chi connectivity index (χ3v) is 2.54. The fraction of sp³-hybridized carbons (Fsp3) is 0.909. The quantitative estimate of drug-likeness (QED) is 0.659. The van der Waals surface area contributed by atoms with Crippen LogP contribution >= 0.6 is 0 Å². The van der Waals surface area contributed by atoms with Gasteiger partial charge in [0.05, 0.1) is 12.5 Å². The molecule has 0 aromatic carbocycles. The van der Waals surface area contributed by atoms with Gasteiger partial charge in [0.2, 0.25) is 5.91 Å². The van der Waals surface area contributed by atoms with Crippen molar-refractivity contribution in [2.45, 2.75) is 31.8 Å². The van der Waals surface area contributed by atoms with Gasteiger partial charge in [0.25, 0.3) is 0 Å². The lowest BCUT2D eigenvalue weighted by atomic mass is 10.2. The molecule has 1 N–H and O–H groups in total. The average molecular weight is 214 g/mol. The van der Waals surface area contributed by atoms with Crippen molar-refractivity contribution in [1.82, 2.24) is 10.2 Å². The minimum absolute atomic E-state index is 0.126. The summed E-state index contributed by atoms with van der Waals surface area (Å²) in [5, 5.41) is 2.92. The van der Waals surface area contributed by atoms with Gasteiger partial charge in [-0.25, -0.2) is 0 Å². The summed E-state index contributed by atoms with van der Waals surface area (Å²) in [5.41, 5.74) is 0. The Kier molecular flexibility index (Phi) is 5.65. The highest BCUT2D eigenvalue weighted by molar-refractivity contribution is 5.76. The minimum atomic E-state index is 0.126. The van der Waals surface area contributed by atoms with Crippen molar-refractivity contribution in [3.63, 3.8) is 0 Å². The Morgan fingerprint density at radius 3 is 2.93 bits per heavy atom. The molecule has 0 aromatic rings. The molecule has 15 heavy (non-hydrogen) atoms. The van der Waals surface area contributed by atoms with E-state index in [1.807, 2.05) is 14.1 Å². The molecule has 1 aliphatic rings. The Labute approximate surface area is 92.0 Å². The van der Waals surface area contributed by atoms with Crippen molar-refractivity contribution in [3.05, 3.63) is 0 Å². The van der Waals surface area contributed by atoms with Gasteiger partial charge in [0.15, 0.2) is 0 Å². The average Bonchev–Trinajstić information content (AvgIpc) is 2.64. The maximum absolute atomic E-state index is 11.4. The topological polar surface area (TPSA) is 41.6 Å². The Balaban J connectivity index is 1.98. The molecule has 1 rings (SSSR count). The van der Waals surface area contributed by atoms with E-state index >= 15 is 0 Å². The van der Waals surface area contributed by atoms with Gasteiger partial charge in [-0.3, -0.25) is 4.79 Å². The molecule has 0 spiro atoms. The van der Waals surface area contributed by atoms with Crippen LogP contribution in [0.4, 0.5) is 0 Å². The highest BCUT2D eigenvalue weighted by Crippen LogP contribution is 2.14. The van der Waals surface area contributed by atoms with E-state index in [-0.39, 0.29) is 12.0 Å². The van der Waals surface area contributed by atoms with Crippen LogP contribution in [0.1, 0.15) is 25.7 Å². The Bertz CT molecular complexity index is 189. The van der Waals surface area contributed by atoms with Crippen LogP contribution in [0, 0.1) is 0 Å². The zero-order valence-corrected chi connectivity index (χ0v) is 9.79. The largest absolute Gasteiger partial charge is 0.378 e. The van der Waals surface area contributed by atoms with Crippen LogP contribution < -0.4 is 5.32 Å². The zero-order chi connectivity index (χ0) is 11.1. The summed E-state index contributed by atoms with van der Waals surface area (Å²) in [7, 11) is 4.07. The number of amides is 1. The lowest BCUT2D eigenvalue weighted by Crippen LogP contribution is -2.29. The van der Waals surface area contributed by atoms with E-state index in [0.29, 0.717) is 6.42 Å². The normalized spacial score (nSPS) is 20.9. The van der Waals surface area contributed by atoms with Crippen molar-refractivity contribution >= 4 is 5.91 Å². The zero-order valence-electron chi connectivity index (χ0n) is 9.79. The molecule has 0 aliphatic carbocycles. The number of nitrogens with zero attached hydrogens (tertiary/aromatic N) is 1. The van der Waals surface area contributed by atoms with Crippen LogP contribution in [0.3, 0.4) is 0 Å². The van der Waals surface area contributed by atoms with E-state index in [1.54, 1.807) is 0 Å². The van der Waals surface area contributed by atoms with Crippen molar-refractivity contribution in [2.75, 3.05) is 33.8 Å². The first kappa shape index (κ1) is 12.5. The van der Waals surface area contributed by atoms with Gasteiger partial charge in [-0.2, -0.15) is 0 Å². The lowest BCUT2D eigenvalue weighted by Gasteiger charge is -2.11.